The fourth-order valence-corrected chi connectivity index (χ4v) is 1.40. The first-order chi connectivity index (χ1) is 8.77. The first-order valence-electron chi connectivity index (χ1n) is 6.62. The quantitative estimate of drug-likeness (QED) is 0.719. The van der Waals surface area contributed by atoms with Crippen LogP contribution in [0.3, 0.4) is 0 Å². The van der Waals surface area contributed by atoms with Gasteiger partial charge in [-0.2, -0.15) is 0 Å². The van der Waals surface area contributed by atoms with Gasteiger partial charge in [-0.1, -0.05) is 33.8 Å². The summed E-state index contributed by atoms with van der Waals surface area (Å²) in [6.07, 6.45) is 3.67. The van der Waals surface area contributed by atoms with Crippen LogP contribution >= 0.6 is 0 Å². The van der Waals surface area contributed by atoms with Crippen molar-refractivity contribution in [3.63, 3.8) is 0 Å². The van der Waals surface area contributed by atoms with E-state index >= 15 is 0 Å². The van der Waals surface area contributed by atoms with Crippen LogP contribution < -0.4 is 0 Å². The summed E-state index contributed by atoms with van der Waals surface area (Å²) in [5.41, 5.74) is 4.30. The van der Waals surface area contributed by atoms with Gasteiger partial charge in [0.25, 0.3) is 0 Å². The Balaban J connectivity index is 0.000000659. The molecule has 2 aromatic rings. The summed E-state index contributed by atoms with van der Waals surface area (Å²) < 4.78 is 0. The largest absolute Gasteiger partial charge is 0.261 e. The van der Waals surface area contributed by atoms with E-state index in [0.717, 1.165) is 17.0 Å². The molecule has 0 saturated carbocycles. The van der Waals surface area contributed by atoms with E-state index in [1.54, 1.807) is 0 Å². The molecule has 18 heavy (non-hydrogen) atoms. The van der Waals surface area contributed by atoms with Gasteiger partial charge in [0.1, 0.15) is 0 Å². The minimum Gasteiger partial charge on any atom is -0.261 e. The van der Waals surface area contributed by atoms with Crippen molar-refractivity contribution < 1.29 is 0 Å². The van der Waals surface area contributed by atoms with Crippen LogP contribution in [0.4, 0.5) is 0 Å². The normalized spacial score (nSPS) is 8.56. The smallest absolute Gasteiger partial charge is 0.0746 e. The lowest BCUT2D eigenvalue weighted by Crippen LogP contribution is -1.88. The molecule has 98 valence electrons. The highest BCUT2D eigenvalue weighted by Gasteiger charge is 2.01. The Morgan fingerprint density at radius 3 is 2.00 bits per heavy atom. The molecule has 0 spiro atoms. The molecule has 0 aromatic carbocycles. The van der Waals surface area contributed by atoms with E-state index in [-0.39, 0.29) is 0 Å². The van der Waals surface area contributed by atoms with Crippen LogP contribution in [0.1, 0.15) is 39.0 Å². The predicted octanol–water partition coefficient (Wildman–Crippen LogP) is 4.81. The molecule has 0 bridgehead atoms. The Morgan fingerprint density at radius 1 is 0.833 bits per heavy atom. The topological polar surface area (TPSA) is 25.8 Å². The second-order valence-electron chi connectivity index (χ2n) is 3.36. The zero-order chi connectivity index (χ0) is 14.0. The molecular formula is C16H24N2. The summed E-state index contributed by atoms with van der Waals surface area (Å²) >= 11 is 0. The van der Waals surface area contributed by atoms with Crippen LogP contribution in [0.25, 0.3) is 11.3 Å². The maximum Gasteiger partial charge on any atom is 0.0746 e. The molecule has 0 atom stereocenters. The van der Waals surface area contributed by atoms with E-state index in [1.807, 2.05) is 59.1 Å². The predicted molar refractivity (Wildman–Crippen MR) is 79.6 cm³/mol. The van der Waals surface area contributed by atoms with Crippen molar-refractivity contribution in [1.29, 1.82) is 0 Å². The standard InChI is InChI=1S/C12H12N2.2C2H6/c1-9-4-3-7-13-12(9)11-6-5-10(2)14-8-11;2*1-2/h3-8H,1-2H3;2*1-2H3. The summed E-state index contributed by atoms with van der Waals surface area (Å²) in [6, 6.07) is 8.06. The van der Waals surface area contributed by atoms with E-state index in [2.05, 4.69) is 29.0 Å². The van der Waals surface area contributed by atoms with Gasteiger partial charge in [-0.25, -0.2) is 0 Å². The van der Waals surface area contributed by atoms with Gasteiger partial charge in [0.05, 0.1) is 5.69 Å². The maximum atomic E-state index is 4.34. The highest BCUT2D eigenvalue weighted by atomic mass is 14.7. The Kier molecular flexibility index (Phi) is 8.46. The monoisotopic (exact) mass is 244 g/mol. The average Bonchev–Trinajstić information content (AvgIpc) is 2.45. The number of aromatic nitrogens is 2. The van der Waals surface area contributed by atoms with Crippen molar-refractivity contribution >= 4 is 0 Å². The molecule has 0 saturated heterocycles. The lowest BCUT2D eigenvalue weighted by molar-refractivity contribution is 1.18. The Labute approximate surface area is 111 Å². The SMILES string of the molecule is CC.CC.Cc1ccc(-c2ncccc2C)cn1. The molecule has 2 aromatic heterocycles. The van der Waals surface area contributed by atoms with Crippen LogP contribution in [0.15, 0.2) is 36.7 Å². The number of rotatable bonds is 1. The van der Waals surface area contributed by atoms with Crippen molar-refractivity contribution in [1.82, 2.24) is 9.97 Å². The minimum atomic E-state index is 1.01. The van der Waals surface area contributed by atoms with E-state index in [9.17, 15) is 0 Å². The average molecular weight is 244 g/mol. The molecule has 2 heterocycles. The number of hydrogen-bond donors (Lipinski definition) is 0. The molecule has 0 fully saturated rings. The first-order valence-corrected chi connectivity index (χ1v) is 6.62. The molecule has 2 heteroatoms. The van der Waals surface area contributed by atoms with Crippen molar-refractivity contribution in [2.24, 2.45) is 0 Å². The maximum absolute atomic E-state index is 4.34. The molecule has 2 nitrogen and oxygen atoms in total. The van der Waals surface area contributed by atoms with Crippen LogP contribution in [0.2, 0.25) is 0 Å². The van der Waals surface area contributed by atoms with Gasteiger partial charge in [-0.3, -0.25) is 9.97 Å². The fraction of sp³-hybridized carbons (Fsp3) is 0.375. The van der Waals surface area contributed by atoms with Gasteiger partial charge in [-0.15, -0.1) is 0 Å². The van der Waals surface area contributed by atoms with Crippen LogP contribution in [0.5, 0.6) is 0 Å². The highest BCUT2D eigenvalue weighted by Crippen LogP contribution is 2.19. The zero-order valence-corrected chi connectivity index (χ0v) is 12.4. The summed E-state index contributed by atoms with van der Waals surface area (Å²) in [4.78, 5) is 8.59. The molecule has 2 rings (SSSR count). The first kappa shape index (κ1) is 16.3. The van der Waals surface area contributed by atoms with Gasteiger partial charge in [-0.05, 0) is 37.6 Å². The second-order valence-corrected chi connectivity index (χ2v) is 3.36. The lowest BCUT2D eigenvalue weighted by Gasteiger charge is -2.03. The third-order valence-electron chi connectivity index (χ3n) is 2.19. The minimum absolute atomic E-state index is 1.01. The molecule has 0 aliphatic rings. The van der Waals surface area contributed by atoms with Crippen molar-refractivity contribution in [3.05, 3.63) is 47.9 Å². The van der Waals surface area contributed by atoms with E-state index in [0.29, 0.717) is 0 Å². The molecular weight excluding hydrogens is 220 g/mol. The number of aryl methyl sites for hydroxylation is 2. The summed E-state index contributed by atoms with van der Waals surface area (Å²) in [5.74, 6) is 0. The van der Waals surface area contributed by atoms with E-state index < -0.39 is 0 Å². The number of pyridine rings is 2. The van der Waals surface area contributed by atoms with Crippen molar-refractivity contribution in [2.45, 2.75) is 41.5 Å². The summed E-state index contributed by atoms with van der Waals surface area (Å²) in [7, 11) is 0. The van der Waals surface area contributed by atoms with E-state index in [4.69, 9.17) is 0 Å². The van der Waals surface area contributed by atoms with Gasteiger partial charge in [0, 0.05) is 23.7 Å². The Hall–Kier alpha value is -1.70. The third-order valence-corrected chi connectivity index (χ3v) is 2.19. The van der Waals surface area contributed by atoms with Crippen LogP contribution in [0, 0.1) is 13.8 Å². The molecule has 0 aliphatic carbocycles. The second kappa shape index (κ2) is 9.34. The molecule has 0 aliphatic heterocycles. The lowest BCUT2D eigenvalue weighted by atomic mass is 10.1. The van der Waals surface area contributed by atoms with Crippen molar-refractivity contribution in [2.75, 3.05) is 0 Å². The van der Waals surface area contributed by atoms with E-state index in [1.165, 1.54) is 5.56 Å². The Bertz CT molecular complexity index is 433. The molecule has 0 radical (unpaired) electrons. The van der Waals surface area contributed by atoms with Crippen LogP contribution in [-0.4, -0.2) is 9.97 Å². The van der Waals surface area contributed by atoms with Gasteiger partial charge < -0.3 is 0 Å². The summed E-state index contributed by atoms with van der Waals surface area (Å²) in [6.45, 7) is 12.0. The van der Waals surface area contributed by atoms with Gasteiger partial charge in [0.15, 0.2) is 0 Å². The third kappa shape index (κ3) is 4.66. The molecule has 0 amide bonds. The number of nitrogens with zero attached hydrogens (tertiary/aromatic N) is 2. The molecule has 0 unspecified atom stereocenters. The summed E-state index contributed by atoms with van der Waals surface area (Å²) in [5, 5.41) is 0. The van der Waals surface area contributed by atoms with Crippen molar-refractivity contribution in [3.8, 4) is 11.3 Å². The Morgan fingerprint density at radius 2 is 1.50 bits per heavy atom. The highest BCUT2D eigenvalue weighted by molar-refractivity contribution is 5.61. The van der Waals surface area contributed by atoms with Gasteiger partial charge in [0.2, 0.25) is 0 Å². The van der Waals surface area contributed by atoms with Gasteiger partial charge >= 0.3 is 0 Å². The fourth-order valence-electron chi connectivity index (χ4n) is 1.40. The zero-order valence-electron chi connectivity index (χ0n) is 12.4. The molecule has 0 N–H and O–H groups in total. The number of hydrogen-bond acceptors (Lipinski definition) is 2. The van der Waals surface area contributed by atoms with Crippen LogP contribution in [-0.2, 0) is 0 Å².